The summed E-state index contributed by atoms with van der Waals surface area (Å²) >= 11 is 0. The number of amides is 1. The lowest BCUT2D eigenvalue weighted by atomic mass is 9.68. The van der Waals surface area contributed by atoms with Crippen LogP contribution < -0.4 is 10.2 Å². The van der Waals surface area contributed by atoms with Crippen LogP contribution in [0.4, 0.5) is 11.4 Å². The summed E-state index contributed by atoms with van der Waals surface area (Å²) in [5, 5.41) is 3.80. The van der Waals surface area contributed by atoms with E-state index in [9.17, 15) is 4.79 Å². The Morgan fingerprint density at radius 1 is 0.973 bits per heavy atom. The number of para-hydroxylation sites is 1. The molecule has 2 atom stereocenters. The lowest BCUT2D eigenvalue weighted by molar-refractivity contribution is 0.0970. The summed E-state index contributed by atoms with van der Waals surface area (Å²) in [6.07, 6.45) is 4.38. The van der Waals surface area contributed by atoms with Crippen LogP contribution in [0.5, 0.6) is 0 Å². The van der Waals surface area contributed by atoms with Gasteiger partial charge in [0, 0.05) is 28.3 Å². The molecule has 3 aromatic rings. The fourth-order valence-corrected chi connectivity index (χ4v) is 6.79. The molecule has 0 aromatic heterocycles. The molecular formula is C34H40N2O. The van der Waals surface area contributed by atoms with E-state index in [1.54, 1.807) is 0 Å². The van der Waals surface area contributed by atoms with E-state index >= 15 is 0 Å². The quantitative estimate of drug-likeness (QED) is 0.395. The van der Waals surface area contributed by atoms with Crippen LogP contribution in [-0.2, 0) is 6.42 Å². The first-order valence-electron chi connectivity index (χ1n) is 13.7. The van der Waals surface area contributed by atoms with Crippen molar-refractivity contribution in [3.63, 3.8) is 0 Å². The highest BCUT2D eigenvalue weighted by Crippen LogP contribution is 2.50. The summed E-state index contributed by atoms with van der Waals surface area (Å²) in [6.45, 7) is 15.6. The van der Waals surface area contributed by atoms with Gasteiger partial charge in [0.05, 0.1) is 11.2 Å². The predicted molar refractivity (Wildman–Crippen MR) is 157 cm³/mol. The van der Waals surface area contributed by atoms with Crippen molar-refractivity contribution in [1.82, 2.24) is 0 Å². The molecule has 2 aliphatic heterocycles. The molecule has 2 aliphatic rings. The van der Waals surface area contributed by atoms with Crippen LogP contribution in [0.25, 0.3) is 5.57 Å². The fraction of sp³-hybridized carbons (Fsp3) is 0.382. The largest absolute Gasteiger partial charge is 0.379 e. The number of carbonyl (C=O) groups excluding carboxylic acids is 1. The average Bonchev–Trinajstić information content (AvgIpc) is 2.84. The topological polar surface area (TPSA) is 32.3 Å². The second-order valence-electron chi connectivity index (χ2n) is 12.0. The van der Waals surface area contributed by atoms with Gasteiger partial charge in [-0.2, -0.15) is 0 Å². The zero-order valence-electron chi connectivity index (χ0n) is 23.4. The van der Waals surface area contributed by atoms with Crippen molar-refractivity contribution in [1.29, 1.82) is 0 Å². The van der Waals surface area contributed by atoms with Crippen LogP contribution in [0.1, 0.15) is 99.3 Å². The van der Waals surface area contributed by atoms with E-state index < -0.39 is 5.54 Å². The molecule has 2 heterocycles. The van der Waals surface area contributed by atoms with E-state index in [0.717, 1.165) is 29.7 Å². The van der Waals surface area contributed by atoms with Gasteiger partial charge in [0.2, 0.25) is 0 Å². The third-order valence-corrected chi connectivity index (χ3v) is 8.32. The first-order valence-corrected chi connectivity index (χ1v) is 13.7. The molecular weight excluding hydrogens is 452 g/mol. The van der Waals surface area contributed by atoms with Gasteiger partial charge in [0.25, 0.3) is 5.91 Å². The Morgan fingerprint density at radius 2 is 1.68 bits per heavy atom. The summed E-state index contributed by atoms with van der Waals surface area (Å²) in [5.74, 6) is 0.715. The Kier molecular flexibility index (Phi) is 6.30. The highest BCUT2D eigenvalue weighted by molar-refractivity contribution is 6.10. The molecule has 0 saturated carbocycles. The van der Waals surface area contributed by atoms with E-state index in [4.69, 9.17) is 0 Å². The van der Waals surface area contributed by atoms with Gasteiger partial charge in [-0.15, -0.1) is 0 Å². The number of anilines is 2. The first-order chi connectivity index (χ1) is 17.5. The van der Waals surface area contributed by atoms with E-state index in [1.165, 1.54) is 28.0 Å². The maximum atomic E-state index is 13.9. The average molecular weight is 493 g/mol. The number of nitrogens with zero attached hydrogens (tertiary/aromatic N) is 1. The maximum absolute atomic E-state index is 13.9. The number of carbonyl (C=O) groups is 1. The van der Waals surface area contributed by atoms with Crippen molar-refractivity contribution in [2.45, 2.75) is 84.2 Å². The molecule has 0 bridgehead atoms. The highest BCUT2D eigenvalue weighted by Gasteiger charge is 2.42. The molecule has 0 fully saturated rings. The number of allylic oxidation sites excluding steroid dienone is 1. The third kappa shape index (κ3) is 4.39. The number of nitrogens with one attached hydrogen (secondary N) is 1. The van der Waals surface area contributed by atoms with E-state index in [2.05, 4.69) is 114 Å². The van der Waals surface area contributed by atoms with Crippen LogP contribution in [0.15, 0.2) is 72.8 Å². The molecule has 192 valence electrons. The van der Waals surface area contributed by atoms with Gasteiger partial charge in [-0.3, -0.25) is 9.69 Å². The molecule has 37 heavy (non-hydrogen) atoms. The molecule has 1 amide bonds. The zero-order valence-corrected chi connectivity index (χ0v) is 23.4. The molecule has 0 radical (unpaired) electrons. The second-order valence-corrected chi connectivity index (χ2v) is 12.0. The minimum absolute atomic E-state index is 0.0488. The molecule has 2 unspecified atom stereocenters. The van der Waals surface area contributed by atoms with Crippen LogP contribution >= 0.6 is 0 Å². The van der Waals surface area contributed by atoms with E-state index in [0.29, 0.717) is 11.8 Å². The number of fused-ring (bicyclic) bond motifs is 2. The van der Waals surface area contributed by atoms with Crippen LogP contribution in [-0.4, -0.2) is 17.0 Å². The highest BCUT2D eigenvalue weighted by atomic mass is 16.2. The van der Waals surface area contributed by atoms with Gasteiger partial charge in [-0.25, -0.2) is 0 Å². The smallest absolute Gasteiger partial charge is 0.259 e. The first kappa shape index (κ1) is 25.3. The SMILES string of the molecule is CCCc1ccc(C(=O)N2c3ccc(C4C(C)c5ccccc5NC4(C)C)cc3C(C)=CC2(C)C)cc1. The standard InChI is InChI=1S/C34H40N2O/c1-8-11-24-14-16-25(17-15-24)32(37)36-30-19-18-26(20-28(30)22(2)21-33(36,4)5)31-23(3)27-12-9-10-13-29(27)35-34(31,6)7/h9-10,12-21,23,31,35H,8,11H2,1-7H3. The molecule has 3 nitrogen and oxygen atoms in total. The van der Waals surface area contributed by atoms with Crippen molar-refractivity contribution in [2.75, 3.05) is 10.2 Å². The molecule has 0 saturated heterocycles. The Labute approximate surface area is 222 Å². The minimum Gasteiger partial charge on any atom is -0.379 e. The Morgan fingerprint density at radius 3 is 2.38 bits per heavy atom. The van der Waals surface area contributed by atoms with Crippen LogP contribution in [0.3, 0.4) is 0 Å². The third-order valence-electron chi connectivity index (χ3n) is 8.32. The van der Waals surface area contributed by atoms with Gasteiger partial charge in [-0.1, -0.05) is 62.7 Å². The minimum atomic E-state index is -0.421. The lowest BCUT2D eigenvalue weighted by Gasteiger charge is -2.46. The summed E-state index contributed by atoms with van der Waals surface area (Å²) in [4.78, 5) is 15.9. The van der Waals surface area contributed by atoms with Gasteiger partial charge < -0.3 is 5.32 Å². The van der Waals surface area contributed by atoms with Crippen molar-refractivity contribution >= 4 is 22.9 Å². The van der Waals surface area contributed by atoms with Crippen LogP contribution in [0, 0.1) is 0 Å². The molecule has 3 aromatic carbocycles. The molecule has 0 spiro atoms. The van der Waals surface area contributed by atoms with Crippen molar-refractivity contribution in [3.8, 4) is 0 Å². The summed E-state index contributed by atoms with van der Waals surface area (Å²) in [5.41, 5.74) is 8.74. The summed E-state index contributed by atoms with van der Waals surface area (Å²) in [7, 11) is 0. The van der Waals surface area contributed by atoms with Gasteiger partial charge >= 0.3 is 0 Å². The predicted octanol–water partition coefficient (Wildman–Crippen LogP) is 8.57. The van der Waals surface area contributed by atoms with Crippen molar-refractivity contribution in [2.24, 2.45) is 0 Å². The molecule has 3 heteroatoms. The monoisotopic (exact) mass is 492 g/mol. The van der Waals surface area contributed by atoms with E-state index in [1.807, 2.05) is 17.0 Å². The number of aryl methyl sites for hydroxylation is 1. The fourth-order valence-electron chi connectivity index (χ4n) is 6.79. The lowest BCUT2D eigenvalue weighted by Crippen LogP contribution is -2.49. The number of benzene rings is 3. The zero-order chi connectivity index (χ0) is 26.5. The van der Waals surface area contributed by atoms with Gasteiger partial charge in [-0.05, 0) is 99.6 Å². The molecule has 5 rings (SSSR count). The Balaban J connectivity index is 1.56. The Bertz CT molecular complexity index is 1360. The Hall–Kier alpha value is -3.33. The molecule has 1 N–H and O–H groups in total. The summed E-state index contributed by atoms with van der Waals surface area (Å²) in [6, 6.07) is 23.6. The second kappa shape index (κ2) is 9.20. The van der Waals surface area contributed by atoms with Crippen molar-refractivity contribution in [3.05, 3.63) is 101 Å². The normalized spacial score (nSPS) is 21.4. The number of hydrogen-bond donors (Lipinski definition) is 1. The van der Waals surface area contributed by atoms with Gasteiger partial charge in [0.15, 0.2) is 0 Å². The van der Waals surface area contributed by atoms with Crippen molar-refractivity contribution < 1.29 is 4.79 Å². The van der Waals surface area contributed by atoms with Crippen LogP contribution in [0.2, 0.25) is 0 Å². The molecule has 0 aliphatic carbocycles. The number of rotatable bonds is 4. The van der Waals surface area contributed by atoms with E-state index in [-0.39, 0.29) is 11.4 Å². The number of hydrogen-bond acceptors (Lipinski definition) is 2. The van der Waals surface area contributed by atoms with Gasteiger partial charge in [0.1, 0.15) is 0 Å². The maximum Gasteiger partial charge on any atom is 0.259 e. The summed E-state index contributed by atoms with van der Waals surface area (Å²) < 4.78 is 0.